The Hall–Kier alpha value is -0.710. The third-order valence-corrected chi connectivity index (χ3v) is 2.49. The molecule has 16 heavy (non-hydrogen) atoms. The van der Waals surface area contributed by atoms with Gasteiger partial charge in [0.1, 0.15) is 11.6 Å². The average Bonchev–Trinajstić information content (AvgIpc) is 2.15. The first-order valence-corrected chi connectivity index (χ1v) is 4.69. The molecule has 92 valence electrons. The van der Waals surface area contributed by atoms with Gasteiger partial charge >= 0.3 is 0 Å². The minimum atomic E-state index is -0.658. The van der Waals surface area contributed by atoms with Crippen LogP contribution in [0.3, 0.4) is 0 Å². The zero-order valence-corrected chi connectivity index (χ0v) is 10.0. The molecule has 0 aliphatic carbocycles. The smallest absolute Gasteiger partial charge is 0.126 e. The van der Waals surface area contributed by atoms with E-state index in [-0.39, 0.29) is 19.0 Å². The van der Waals surface area contributed by atoms with E-state index in [4.69, 9.17) is 10.8 Å². The van der Waals surface area contributed by atoms with Gasteiger partial charge in [-0.2, -0.15) is 0 Å². The molecule has 0 aliphatic heterocycles. The zero-order valence-electron chi connectivity index (χ0n) is 9.21. The molecule has 0 unspecified atom stereocenters. The molecule has 0 radical (unpaired) electrons. The summed E-state index contributed by atoms with van der Waals surface area (Å²) >= 11 is 0. The highest BCUT2D eigenvalue weighted by molar-refractivity contribution is 5.85. The molecular formula is C11H16ClF2NO. The summed E-state index contributed by atoms with van der Waals surface area (Å²) < 4.78 is 25.8. The molecule has 2 nitrogen and oxygen atoms in total. The lowest BCUT2D eigenvalue weighted by molar-refractivity contribution is 0.132. The summed E-state index contributed by atoms with van der Waals surface area (Å²) in [5, 5.41) is 9.10. The lowest BCUT2D eigenvalue weighted by Crippen LogP contribution is -2.32. The number of nitrogens with two attached hydrogens (primary N) is 1. The van der Waals surface area contributed by atoms with Gasteiger partial charge in [-0.3, -0.25) is 0 Å². The summed E-state index contributed by atoms with van der Waals surface area (Å²) in [6, 6.07) is 2.56. The van der Waals surface area contributed by atoms with E-state index in [2.05, 4.69) is 0 Å². The van der Waals surface area contributed by atoms with Crippen LogP contribution in [0.15, 0.2) is 18.2 Å². The van der Waals surface area contributed by atoms with E-state index < -0.39 is 23.1 Å². The predicted octanol–water partition coefficient (Wildman–Crippen LogP) is 2.40. The number of aliphatic hydroxyl groups excluding tert-OH is 1. The van der Waals surface area contributed by atoms with Gasteiger partial charge in [0.15, 0.2) is 0 Å². The Balaban J connectivity index is 0.00000225. The summed E-state index contributed by atoms with van der Waals surface area (Å²) in [7, 11) is 0. The van der Waals surface area contributed by atoms with Crippen LogP contribution in [0.5, 0.6) is 0 Å². The molecular weight excluding hydrogens is 236 g/mol. The highest BCUT2D eigenvalue weighted by Gasteiger charge is 2.27. The Labute approximate surface area is 99.9 Å². The Morgan fingerprint density at radius 2 is 1.69 bits per heavy atom. The van der Waals surface area contributed by atoms with Crippen molar-refractivity contribution in [2.24, 2.45) is 11.1 Å². The number of rotatable bonds is 3. The Morgan fingerprint density at radius 3 is 2.06 bits per heavy atom. The molecule has 1 aromatic rings. The van der Waals surface area contributed by atoms with E-state index in [0.29, 0.717) is 5.56 Å². The fourth-order valence-electron chi connectivity index (χ4n) is 1.30. The molecule has 1 aromatic carbocycles. The van der Waals surface area contributed by atoms with E-state index >= 15 is 0 Å². The molecule has 0 heterocycles. The van der Waals surface area contributed by atoms with Gasteiger partial charge < -0.3 is 10.8 Å². The van der Waals surface area contributed by atoms with Crippen LogP contribution in [0.4, 0.5) is 8.78 Å². The summed E-state index contributed by atoms with van der Waals surface area (Å²) in [6.45, 7) is 3.33. The monoisotopic (exact) mass is 251 g/mol. The zero-order chi connectivity index (χ0) is 11.6. The van der Waals surface area contributed by atoms with Crippen LogP contribution in [-0.2, 0) is 0 Å². The van der Waals surface area contributed by atoms with Crippen molar-refractivity contribution < 1.29 is 13.9 Å². The van der Waals surface area contributed by atoms with Gasteiger partial charge in [0.25, 0.3) is 0 Å². The van der Waals surface area contributed by atoms with E-state index in [9.17, 15) is 8.78 Å². The summed E-state index contributed by atoms with van der Waals surface area (Å²) in [5.41, 5.74) is 5.57. The Bertz CT molecular complexity index is 338. The molecule has 0 saturated carbocycles. The first-order valence-electron chi connectivity index (χ1n) is 4.69. The van der Waals surface area contributed by atoms with Gasteiger partial charge in [-0.25, -0.2) is 8.78 Å². The van der Waals surface area contributed by atoms with Crippen molar-refractivity contribution >= 4 is 12.4 Å². The highest BCUT2D eigenvalue weighted by Crippen LogP contribution is 2.31. The molecule has 0 saturated heterocycles. The van der Waals surface area contributed by atoms with Crippen molar-refractivity contribution in [3.63, 3.8) is 0 Å². The lowest BCUT2D eigenvalue weighted by Gasteiger charge is -2.29. The van der Waals surface area contributed by atoms with Gasteiger partial charge in [0.05, 0.1) is 0 Å². The largest absolute Gasteiger partial charge is 0.396 e. The Kier molecular flexibility index (Phi) is 5.32. The summed E-state index contributed by atoms with van der Waals surface area (Å²) in [6.07, 6.45) is 0. The van der Waals surface area contributed by atoms with Crippen molar-refractivity contribution in [1.82, 2.24) is 0 Å². The number of benzene rings is 1. The molecule has 0 aromatic heterocycles. The molecule has 5 heteroatoms. The maximum absolute atomic E-state index is 12.9. The second-order valence-electron chi connectivity index (χ2n) is 4.33. The molecule has 0 fully saturated rings. The average molecular weight is 252 g/mol. The van der Waals surface area contributed by atoms with Gasteiger partial charge in [-0.15, -0.1) is 12.4 Å². The molecule has 3 N–H and O–H groups in total. The van der Waals surface area contributed by atoms with Crippen LogP contribution >= 0.6 is 12.4 Å². The molecule has 0 amide bonds. The second-order valence-corrected chi connectivity index (χ2v) is 4.33. The van der Waals surface area contributed by atoms with Crippen LogP contribution in [0, 0.1) is 17.0 Å². The van der Waals surface area contributed by atoms with Crippen molar-refractivity contribution in [1.29, 1.82) is 0 Å². The fourth-order valence-corrected chi connectivity index (χ4v) is 1.30. The minimum absolute atomic E-state index is 0. The van der Waals surface area contributed by atoms with E-state index in [1.165, 1.54) is 12.1 Å². The van der Waals surface area contributed by atoms with E-state index in [1.54, 1.807) is 13.8 Å². The van der Waals surface area contributed by atoms with Gasteiger partial charge in [0, 0.05) is 24.1 Å². The number of halogens is 3. The maximum Gasteiger partial charge on any atom is 0.126 e. The summed E-state index contributed by atoms with van der Waals surface area (Å²) in [5.74, 6) is -1.32. The third kappa shape index (κ3) is 3.40. The predicted molar refractivity (Wildman–Crippen MR) is 61.4 cm³/mol. The topological polar surface area (TPSA) is 46.2 Å². The first kappa shape index (κ1) is 15.3. The number of hydrogen-bond acceptors (Lipinski definition) is 2. The first-order chi connectivity index (χ1) is 6.86. The van der Waals surface area contributed by atoms with Crippen molar-refractivity contribution in [3.05, 3.63) is 35.4 Å². The van der Waals surface area contributed by atoms with Crippen LogP contribution in [0.1, 0.15) is 25.5 Å². The standard InChI is InChI=1S/C11H15F2NO.ClH/c1-11(2,6-15)10(14)7-3-8(12)5-9(13)4-7;/h3-5,10,15H,6,14H2,1-2H3;1H/t10-;/m1./s1. The Morgan fingerprint density at radius 1 is 1.25 bits per heavy atom. The minimum Gasteiger partial charge on any atom is -0.396 e. The summed E-state index contributed by atoms with van der Waals surface area (Å²) in [4.78, 5) is 0. The van der Waals surface area contributed by atoms with Crippen LogP contribution in [0.25, 0.3) is 0 Å². The molecule has 0 aliphatic rings. The van der Waals surface area contributed by atoms with Crippen LogP contribution < -0.4 is 5.73 Å². The SMILES string of the molecule is CC(C)(CO)[C@H](N)c1cc(F)cc(F)c1.Cl. The highest BCUT2D eigenvalue weighted by atomic mass is 35.5. The lowest BCUT2D eigenvalue weighted by atomic mass is 9.82. The van der Waals surface area contributed by atoms with Gasteiger partial charge in [-0.05, 0) is 17.7 Å². The quantitative estimate of drug-likeness (QED) is 0.867. The number of hydrogen-bond donors (Lipinski definition) is 2. The van der Waals surface area contributed by atoms with Gasteiger partial charge in [-0.1, -0.05) is 13.8 Å². The van der Waals surface area contributed by atoms with E-state index in [0.717, 1.165) is 6.07 Å². The van der Waals surface area contributed by atoms with Crippen molar-refractivity contribution in [3.8, 4) is 0 Å². The molecule has 1 atom stereocenters. The normalized spacial score (nSPS) is 13.1. The van der Waals surface area contributed by atoms with E-state index in [1.807, 2.05) is 0 Å². The third-order valence-electron chi connectivity index (χ3n) is 2.49. The maximum atomic E-state index is 12.9. The number of aliphatic hydroxyl groups is 1. The fraction of sp³-hybridized carbons (Fsp3) is 0.455. The molecule has 0 spiro atoms. The van der Waals surface area contributed by atoms with Crippen molar-refractivity contribution in [2.75, 3.05) is 6.61 Å². The van der Waals surface area contributed by atoms with Gasteiger partial charge in [0.2, 0.25) is 0 Å². The van der Waals surface area contributed by atoms with Crippen LogP contribution in [-0.4, -0.2) is 11.7 Å². The molecule has 0 bridgehead atoms. The van der Waals surface area contributed by atoms with Crippen molar-refractivity contribution in [2.45, 2.75) is 19.9 Å². The van der Waals surface area contributed by atoms with Crippen LogP contribution in [0.2, 0.25) is 0 Å². The second kappa shape index (κ2) is 5.57. The molecule has 1 rings (SSSR count).